The van der Waals surface area contributed by atoms with E-state index in [1.165, 1.54) is 6.21 Å². The number of rotatable bonds is 3. The molecule has 0 aliphatic rings. The number of aromatic amines is 2. The van der Waals surface area contributed by atoms with Gasteiger partial charge in [-0.1, -0.05) is 6.07 Å². The van der Waals surface area contributed by atoms with Gasteiger partial charge in [-0.05, 0) is 24.3 Å². The second-order valence-electron chi connectivity index (χ2n) is 5.36. The van der Waals surface area contributed by atoms with Gasteiger partial charge in [-0.15, -0.1) is 4.68 Å². The molecule has 1 aromatic carbocycles. The fraction of sp³-hybridized carbons (Fsp3) is 0.0588. The molecule has 0 amide bonds. The first-order chi connectivity index (χ1) is 12.2. The van der Waals surface area contributed by atoms with E-state index in [1.807, 2.05) is 0 Å². The third kappa shape index (κ3) is 2.49. The fourth-order valence-corrected chi connectivity index (χ4v) is 2.63. The average Bonchev–Trinajstić information content (AvgIpc) is 3.00. The first kappa shape index (κ1) is 14.9. The highest BCUT2D eigenvalue weighted by Crippen LogP contribution is 2.25. The van der Waals surface area contributed by atoms with Gasteiger partial charge < -0.3 is 14.7 Å². The van der Waals surface area contributed by atoms with Crippen LogP contribution in [0.2, 0.25) is 0 Å². The van der Waals surface area contributed by atoms with Crippen molar-refractivity contribution in [3.05, 3.63) is 69.1 Å². The van der Waals surface area contributed by atoms with Crippen molar-refractivity contribution in [1.82, 2.24) is 19.6 Å². The van der Waals surface area contributed by atoms with Crippen molar-refractivity contribution < 1.29 is 4.74 Å². The molecular weight excluding hydrogens is 322 g/mol. The molecule has 0 radical (unpaired) electrons. The van der Waals surface area contributed by atoms with Crippen LogP contribution in [-0.4, -0.2) is 33.0 Å². The lowest BCUT2D eigenvalue weighted by Gasteiger charge is -1.99. The Morgan fingerprint density at radius 2 is 2.08 bits per heavy atom. The number of fused-ring (bicyclic) bond motifs is 3. The molecule has 0 unspecified atom stereocenters. The molecule has 2 N–H and O–H groups in total. The largest absolute Gasteiger partial charge is 0.497 e. The van der Waals surface area contributed by atoms with Gasteiger partial charge in [0.05, 0.1) is 18.8 Å². The van der Waals surface area contributed by atoms with E-state index in [0.29, 0.717) is 22.2 Å². The first-order valence-electron chi connectivity index (χ1n) is 7.46. The number of hydrogen-bond donors (Lipinski definition) is 2. The molecule has 0 spiro atoms. The van der Waals surface area contributed by atoms with Crippen LogP contribution in [0.15, 0.2) is 57.4 Å². The van der Waals surface area contributed by atoms with Crippen molar-refractivity contribution in [1.29, 1.82) is 0 Å². The predicted molar refractivity (Wildman–Crippen MR) is 94.5 cm³/mol. The van der Waals surface area contributed by atoms with E-state index in [1.54, 1.807) is 49.8 Å². The lowest BCUT2D eigenvalue weighted by molar-refractivity contribution is 0.415. The summed E-state index contributed by atoms with van der Waals surface area (Å²) in [6.45, 7) is 0. The van der Waals surface area contributed by atoms with Gasteiger partial charge in [0, 0.05) is 28.9 Å². The Kier molecular flexibility index (Phi) is 3.42. The fourth-order valence-electron chi connectivity index (χ4n) is 2.63. The van der Waals surface area contributed by atoms with E-state index < -0.39 is 11.2 Å². The Balaban J connectivity index is 1.93. The minimum absolute atomic E-state index is 0.270. The highest BCUT2D eigenvalue weighted by molar-refractivity contribution is 6.04. The Hall–Kier alpha value is -3.68. The highest BCUT2D eigenvalue weighted by atomic mass is 16.5. The van der Waals surface area contributed by atoms with Crippen molar-refractivity contribution in [3.8, 4) is 5.75 Å². The molecule has 0 aliphatic heterocycles. The zero-order valence-corrected chi connectivity index (χ0v) is 13.2. The first-order valence-corrected chi connectivity index (χ1v) is 7.46. The van der Waals surface area contributed by atoms with Crippen LogP contribution in [0.3, 0.4) is 0 Å². The molecular formula is C17H13N5O3. The molecule has 3 aromatic heterocycles. The maximum absolute atomic E-state index is 12.6. The van der Waals surface area contributed by atoms with Crippen molar-refractivity contribution in [2.75, 3.05) is 7.11 Å². The SMILES string of the molecule is COc1ccc2[nH]c3c(=O)n(N=Cc4cccnc4)c(=O)[nH]c3c2c1. The minimum Gasteiger partial charge on any atom is -0.497 e. The molecule has 8 heteroatoms. The number of methoxy groups -OCH3 is 1. The van der Waals surface area contributed by atoms with Crippen molar-refractivity contribution >= 4 is 28.2 Å². The molecule has 0 atom stereocenters. The van der Waals surface area contributed by atoms with Gasteiger partial charge in [-0.3, -0.25) is 9.78 Å². The third-order valence-corrected chi connectivity index (χ3v) is 3.84. The Bertz CT molecular complexity index is 1220. The van der Waals surface area contributed by atoms with Gasteiger partial charge >= 0.3 is 11.2 Å². The smallest absolute Gasteiger partial charge is 0.350 e. The zero-order chi connectivity index (χ0) is 17.4. The maximum atomic E-state index is 12.6. The number of benzene rings is 1. The number of hydrogen-bond acceptors (Lipinski definition) is 5. The monoisotopic (exact) mass is 335 g/mol. The summed E-state index contributed by atoms with van der Waals surface area (Å²) in [5, 5.41) is 4.68. The maximum Gasteiger partial charge on any atom is 0.350 e. The Morgan fingerprint density at radius 1 is 1.20 bits per heavy atom. The molecule has 3 heterocycles. The van der Waals surface area contributed by atoms with E-state index in [4.69, 9.17) is 4.74 Å². The molecule has 0 aliphatic carbocycles. The van der Waals surface area contributed by atoms with Crippen LogP contribution in [0.4, 0.5) is 0 Å². The van der Waals surface area contributed by atoms with E-state index in [-0.39, 0.29) is 5.52 Å². The minimum atomic E-state index is -0.624. The van der Waals surface area contributed by atoms with Gasteiger partial charge in [0.2, 0.25) is 0 Å². The van der Waals surface area contributed by atoms with Crippen LogP contribution in [0.1, 0.15) is 5.56 Å². The van der Waals surface area contributed by atoms with Crippen molar-refractivity contribution in [2.45, 2.75) is 0 Å². The van der Waals surface area contributed by atoms with Gasteiger partial charge in [0.15, 0.2) is 0 Å². The normalized spacial score (nSPS) is 11.6. The van der Waals surface area contributed by atoms with Crippen LogP contribution in [0.5, 0.6) is 5.75 Å². The molecule has 8 nitrogen and oxygen atoms in total. The van der Waals surface area contributed by atoms with E-state index in [9.17, 15) is 9.59 Å². The van der Waals surface area contributed by atoms with Gasteiger partial charge in [0.25, 0.3) is 0 Å². The summed E-state index contributed by atoms with van der Waals surface area (Å²) in [6.07, 6.45) is 4.61. The summed E-state index contributed by atoms with van der Waals surface area (Å²) >= 11 is 0. The number of nitrogens with zero attached hydrogens (tertiary/aromatic N) is 3. The van der Waals surface area contributed by atoms with Gasteiger partial charge in [-0.2, -0.15) is 5.10 Å². The van der Waals surface area contributed by atoms with Crippen molar-refractivity contribution in [2.24, 2.45) is 5.10 Å². The predicted octanol–water partition coefficient (Wildman–Crippen LogP) is 1.46. The molecule has 4 aromatic rings. The van der Waals surface area contributed by atoms with Crippen LogP contribution < -0.4 is 16.0 Å². The summed E-state index contributed by atoms with van der Waals surface area (Å²) in [5.74, 6) is 0.632. The summed E-state index contributed by atoms with van der Waals surface area (Å²) < 4.78 is 5.97. The van der Waals surface area contributed by atoms with E-state index in [0.717, 1.165) is 10.2 Å². The van der Waals surface area contributed by atoms with Crippen LogP contribution >= 0.6 is 0 Å². The molecule has 25 heavy (non-hydrogen) atoms. The summed E-state index contributed by atoms with van der Waals surface area (Å²) in [4.78, 5) is 34.6. The molecule has 124 valence electrons. The van der Waals surface area contributed by atoms with E-state index in [2.05, 4.69) is 20.1 Å². The molecule has 0 bridgehead atoms. The number of pyridine rings is 1. The summed E-state index contributed by atoms with van der Waals surface area (Å²) in [5.41, 5.74) is 0.936. The average molecular weight is 335 g/mol. The molecule has 4 rings (SSSR count). The van der Waals surface area contributed by atoms with E-state index >= 15 is 0 Å². The van der Waals surface area contributed by atoms with Crippen LogP contribution in [0, 0.1) is 0 Å². The number of nitrogens with one attached hydrogen (secondary N) is 2. The quantitative estimate of drug-likeness (QED) is 0.553. The van der Waals surface area contributed by atoms with Gasteiger partial charge in [-0.25, -0.2) is 4.79 Å². The number of ether oxygens (including phenoxy) is 1. The lowest BCUT2D eigenvalue weighted by Crippen LogP contribution is -2.32. The third-order valence-electron chi connectivity index (χ3n) is 3.84. The standard InChI is InChI=1S/C17H13N5O3/c1-25-11-4-5-13-12(7-11)14-15(20-13)16(23)22(17(24)21-14)19-9-10-3-2-6-18-8-10/h2-9,20H,1H3,(H,21,24). The second kappa shape index (κ2) is 5.75. The molecule has 0 saturated heterocycles. The van der Waals surface area contributed by atoms with Crippen LogP contribution in [0.25, 0.3) is 21.9 Å². The zero-order valence-electron chi connectivity index (χ0n) is 13.2. The van der Waals surface area contributed by atoms with Crippen molar-refractivity contribution in [3.63, 3.8) is 0 Å². The highest BCUT2D eigenvalue weighted by Gasteiger charge is 2.13. The topological polar surface area (TPSA) is 105 Å². The summed E-state index contributed by atoms with van der Waals surface area (Å²) in [6, 6.07) is 8.82. The Morgan fingerprint density at radius 3 is 2.84 bits per heavy atom. The molecule has 0 fully saturated rings. The molecule has 0 saturated carbocycles. The van der Waals surface area contributed by atoms with Gasteiger partial charge in [0.1, 0.15) is 11.3 Å². The summed E-state index contributed by atoms with van der Waals surface area (Å²) in [7, 11) is 1.55. The van der Waals surface area contributed by atoms with Crippen LogP contribution in [-0.2, 0) is 0 Å². The number of H-pyrrole nitrogens is 2. The second-order valence-corrected chi connectivity index (χ2v) is 5.36. The number of aromatic nitrogens is 4. The lowest BCUT2D eigenvalue weighted by atomic mass is 10.2. The Labute approximate surface area is 140 Å².